The lowest BCUT2D eigenvalue weighted by molar-refractivity contribution is 0.0599. The van der Waals surface area contributed by atoms with E-state index in [-0.39, 0.29) is 5.97 Å². The zero-order valence-corrected chi connectivity index (χ0v) is 10.4. The highest BCUT2D eigenvalue weighted by Gasteiger charge is 2.14. The van der Waals surface area contributed by atoms with Gasteiger partial charge < -0.3 is 14.5 Å². The third-order valence-electron chi connectivity index (χ3n) is 2.28. The number of furan rings is 1. The first-order valence-corrected chi connectivity index (χ1v) is 5.47. The number of ether oxygens (including phenoxy) is 1. The molecule has 1 heterocycles. The molecule has 0 aliphatic carbocycles. The molecule has 92 valence electrons. The van der Waals surface area contributed by atoms with Crippen molar-refractivity contribution in [3.8, 4) is 11.8 Å². The summed E-state index contributed by atoms with van der Waals surface area (Å²) in [7, 11) is 1.36. The van der Waals surface area contributed by atoms with Crippen molar-refractivity contribution in [3.63, 3.8) is 0 Å². The fraction of sp³-hybridized carbons (Fsp3) is 0.462. The first kappa shape index (κ1) is 13.3. The first-order chi connectivity index (χ1) is 8.19. The highest BCUT2D eigenvalue weighted by molar-refractivity contribution is 5.90. The minimum Gasteiger partial charge on any atom is -0.465 e. The van der Waals surface area contributed by atoms with Crippen LogP contribution in [0.3, 0.4) is 0 Å². The average Bonchev–Trinajstić information content (AvgIpc) is 2.69. The summed E-state index contributed by atoms with van der Waals surface area (Å²) in [4.78, 5) is 11.3. The molecule has 0 fully saturated rings. The Balaban J connectivity index is 2.49. The summed E-state index contributed by atoms with van der Waals surface area (Å²) in [6.07, 6.45) is 0.806. The summed E-state index contributed by atoms with van der Waals surface area (Å²) in [5.74, 6) is 6.74. The van der Waals surface area contributed by atoms with Crippen LogP contribution >= 0.6 is 0 Å². The van der Waals surface area contributed by atoms with Gasteiger partial charge in [0.05, 0.1) is 13.7 Å². The SMILES string of the molecule is CC#CCCNCc1cc(C(=O)OC)c(C)o1. The van der Waals surface area contributed by atoms with Crippen molar-refractivity contribution in [2.75, 3.05) is 13.7 Å². The molecule has 1 aromatic rings. The number of carbonyl (C=O) groups is 1. The van der Waals surface area contributed by atoms with Gasteiger partial charge in [-0.1, -0.05) is 0 Å². The molecule has 0 spiro atoms. The third kappa shape index (κ3) is 3.97. The van der Waals surface area contributed by atoms with Crippen LogP contribution in [0.2, 0.25) is 0 Å². The van der Waals surface area contributed by atoms with Crippen LogP contribution in [-0.2, 0) is 11.3 Å². The lowest BCUT2D eigenvalue weighted by Gasteiger charge is -1.97. The largest absolute Gasteiger partial charge is 0.465 e. The third-order valence-corrected chi connectivity index (χ3v) is 2.28. The van der Waals surface area contributed by atoms with E-state index >= 15 is 0 Å². The lowest BCUT2D eigenvalue weighted by atomic mass is 10.2. The van der Waals surface area contributed by atoms with Crippen LogP contribution in [-0.4, -0.2) is 19.6 Å². The monoisotopic (exact) mass is 235 g/mol. The van der Waals surface area contributed by atoms with Crippen LogP contribution in [0.15, 0.2) is 10.5 Å². The Morgan fingerprint density at radius 1 is 1.59 bits per heavy atom. The smallest absolute Gasteiger partial charge is 0.341 e. The molecule has 0 saturated heterocycles. The molecule has 0 aliphatic heterocycles. The molecule has 17 heavy (non-hydrogen) atoms. The molecule has 0 saturated carbocycles. The molecule has 1 rings (SSSR count). The second-order valence-electron chi connectivity index (χ2n) is 3.53. The van der Waals surface area contributed by atoms with E-state index < -0.39 is 0 Å². The highest BCUT2D eigenvalue weighted by Crippen LogP contribution is 2.15. The number of carbonyl (C=O) groups excluding carboxylic acids is 1. The Bertz CT molecular complexity index is 437. The minimum atomic E-state index is -0.366. The molecule has 0 unspecified atom stereocenters. The second-order valence-corrected chi connectivity index (χ2v) is 3.53. The summed E-state index contributed by atoms with van der Waals surface area (Å²) in [5, 5.41) is 3.19. The van der Waals surface area contributed by atoms with Gasteiger partial charge in [0, 0.05) is 13.0 Å². The normalized spacial score (nSPS) is 9.59. The molecule has 1 aromatic heterocycles. The van der Waals surface area contributed by atoms with E-state index in [1.54, 1.807) is 13.0 Å². The summed E-state index contributed by atoms with van der Waals surface area (Å²) in [6, 6.07) is 1.71. The van der Waals surface area contributed by atoms with Gasteiger partial charge in [0.2, 0.25) is 0 Å². The van der Waals surface area contributed by atoms with Crippen molar-refractivity contribution in [2.24, 2.45) is 0 Å². The van der Waals surface area contributed by atoms with E-state index in [1.807, 2.05) is 6.92 Å². The van der Waals surface area contributed by atoms with Crippen LogP contribution in [0.4, 0.5) is 0 Å². The molecule has 4 nitrogen and oxygen atoms in total. The van der Waals surface area contributed by atoms with Gasteiger partial charge in [-0.15, -0.1) is 11.8 Å². The number of hydrogen-bond acceptors (Lipinski definition) is 4. The van der Waals surface area contributed by atoms with E-state index in [0.717, 1.165) is 18.7 Å². The zero-order valence-electron chi connectivity index (χ0n) is 10.4. The summed E-state index contributed by atoms with van der Waals surface area (Å²) in [5.41, 5.74) is 0.484. The van der Waals surface area contributed by atoms with Crippen molar-refractivity contribution in [3.05, 3.63) is 23.2 Å². The molecule has 0 bridgehead atoms. The molecule has 0 atom stereocenters. The van der Waals surface area contributed by atoms with Gasteiger partial charge in [-0.2, -0.15) is 0 Å². The fourth-order valence-corrected chi connectivity index (χ4v) is 1.43. The summed E-state index contributed by atoms with van der Waals surface area (Å²) in [6.45, 7) is 4.95. The predicted octanol–water partition coefficient (Wildman–Crippen LogP) is 1.88. The second kappa shape index (κ2) is 6.77. The van der Waals surface area contributed by atoms with Crippen LogP contribution in [0.25, 0.3) is 0 Å². The van der Waals surface area contributed by atoms with Gasteiger partial charge >= 0.3 is 5.97 Å². The number of hydrogen-bond donors (Lipinski definition) is 1. The van der Waals surface area contributed by atoms with E-state index in [1.165, 1.54) is 7.11 Å². The number of methoxy groups -OCH3 is 1. The topological polar surface area (TPSA) is 51.5 Å². The Labute approximate surface area is 101 Å². The van der Waals surface area contributed by atoms with Crippen molar-refractivity contribution in [1.29, 1.82) is 0 Å². The molecule has 1 N–H and O–H groups in total. The van der Waals surface area contributed by atoms with Crippen LogP contribution in [0.5, 0.6) is 0 Å². The van der Waals surface area contributed by atoms with Crippen molar-refractivity contribution in [2.45, 2.75) is 26.8 Å². The quantitative estimate of drug-likeness (QED) is 0.481. The van der Waals surface area contributed by atoms with E-state index in [9.17, 15) is 4.79 Å². The minimum absolute atomic E-state index is 0.366. The molecule has 0 aliphatic rings. The first-order valence-electron chi connectivity index (χ1n) is 5.47. The number of rotatable bonds is 5. The van der Waals surface area contributed by atoms with Gasteiger partial charge in [-0.3, -0.25) is 0 Å². The predicted molar refractivity (Wildman–Crippen MR) is 64.6 cm³/mol. The number of aryl methyl sites for hydroxylation is 1. The standard InChI is InChI=1S/C13H17NO3/c1-4-5-6-7-14-9-11-8-12(10(2)17-11)13(15)16-3/h8,14H,6-7,9H2,1-3H3. The van der Waals surface area contributed by atoms with Crippen LogP contribution in [0.1, 0.15) is 35.2 Å². The van der Waals surface area contributed by atoms with Gasteiger partial charge in [0.1, 0.15) is 17.1 Å². The Morgan fingerprint density at radius 3 is 3.00 bits per heavy atom. The van der Waals surface area contributed by atoms with E-state index in [2.05, 4.69) is 21.9 Å². The maximum absolute atomic E-state index is 11.3. The van der Waals surface area contributed by atoms with E-state index in [4.69, 9.17) is 4.42 Å². The zero-order chi connectivity index (χ0) is 12.7. The molecule has 4 heteroatoms. The van der Waals surface area contributed by atoms with Gasteiger partial charge in [0.25, 0.3) is 0 Å². The van der Waals surface area contributed by atoms with Gasteiger partial charge in [-0.05, 0) is 19.9 Å². The molecule has 0 radical (unpaired) electrons. The van der Waals surface area contributed by atoms with Crippen molar-refractivity contribution >= 4 is 5.97 Å². The number of nitrogens with one attached hydrogen (secondary N) is 1. The molecule has 0 amide bonds. The Kier molecular flexibility index (Phi) is 5.31. The maximum Gasteiger partial charge on any atom is 0.341 e. The molecular weight excluding hydrogens is 218 g/mol. The average molecular weight is 235 g/mol. The fourth-order valence-electron chi connectivity index (χ4n) is 1.43. The van der Waals surface area contributed by atoms with Gasteiger partial charge in [0.15, 0.2) is 0 Å². The van der Waals surface area contributed by atoms with Crippen LogP contribution in [0, 0.1) is 18.8 Å². The molecular formula is C13H17NO3. The molecule has 0 aromatic carbocycles. The summed E-state index contributed by atoms with van der Waals surface area (Å²) >= 11 is 0. The van der Waals surface area contributed by atoms with Crippen molar-refractivity contribution < 1.29 is 13.9 Å². The highest BCUT2D eigenvalue weighted by atomic mass is 16.5. The van der Waals surface area contributed by atoms with E-state index in [0.29, 0.717) is 17.9 Å². The van der Waals surface area contributed by atoms with Crippen molar-refractivity contribution in [1.82, 2.24) is 5.32 Å². The Morgan fingerprint density at radius 2 is 2.35 bits per heavy atom. The lowest BCUT2D eigenvalue weighted by Crippen LogP contribution is -2.13. The summed E-state index contributed by atoms with van der Waals surface area (Å²) < 4.78 is 10.1. The number of esters is 1. The Hall–Kier alpha value is -1.73. The van der Waals surface area contributed by atoms with Crippen LogP contribution < -0.4 is 5.32 Å². The van der Waals surface area contributed by atoms with Gasteiger partial charge in [-0.25, -0.2) is 4.79 Å². The maximum atomic E-state index is 11.3.